The van der Waals surface area contributed by atoms with Gasteiger partial charge in [0.25, 0.3) is 0 Å². The molecule has 0 atom stereocenters. The summed E-state index contributed by atoms with van der Waals surface area (Å²) in [6, 6.07) is 12.1. The second kappa shape index (κ2) is 9.84. The molecule has 1 saturated heterocycles. The van der Waals surface area contributed by atoms with E-state index in [1.807, 2.05) is 12.1 Å². The number of halogens is 1. The van der Waals surface area contributed by atoms with E-state index < -0.39 is 9.84 Å². The van der Waals surface area contributed by atoms with E-state index in [9.17, 15) is 13.2 Å². The summed E-state index contributed by atoms with van der Waals surface area (Å²) in [7, 11) is -3.32. The fourth-order valence-electron chi connectivity index (χ4n) is 3.50. The van der Waals surface area contributed by atoms with Crippen molar-refractivity contribution in [3.63, 3.8) is 0 Å². The maximum atomic E-state index is 13.3. The number of sulfone groups is 1. The molecule has 0 unspecified atom stereocenters. The van der Waals surface area contributed by atoms with E-state index in [4.69, 9.17) is 16.3 Å². The molecule has 1 aliphatic heterocycles. The van der Waals surface area contributed by atoms with Gasteiger partial charge in [0.2, 0.25) is 5.91 Å². The van der Waals surface area contributed by atoms with Crippen molar-refractivity contribution in [3.05, 3.63) is 53.1 Å². The molecule has 1 amide bonds. The second-order valence-corrected chi connectivity index (χ2v) is 11.2. The summed E-state index contributed by atoms with van der Waals surface area (Å²) >= 11 is 7.30. The summed E-state index contributed by atoms with van der Waals surface area (Å²) in [6.45, 7) is 4.24. The lowest BCUT2D eigenvalue weighted by Crippen LogP contribution is -2.43. The van der Waals surface area contributed by atoms with Gasteiger partial charge in [0.1, 0.15) is 0 Å². The summed E-state index contributed by atoms with van der Waals surface area (Å²) in [6.07, 6.45) is 1.41. The average molecular weight is 494 g/mol. The molecule has 1 aliphatic rings. The first-order valence-electron chi connectivity index (χ1n) is 10.3. The summed E-state index contributed by atoms with van der Waals surface area (Å²) in [5.41, 5.74) is 1.55. The van der Waals surface area contributed by atoms with E-state index in [-0.39, 0.29) is 17.2 Å². The van der Waals surface area contributed by atoms with Crippen LogP contribution in [0.2, 0.25) is 5.02 Å². The Bertz CT molecular complexity index is 1210. The molecule has 32 heavy (non-hydrogen) atoms. The molecular weight excluding hydrogens is 470 g/mol. The molecule has 0 radical (unpaired) electrons. The number of aromatic nitrogens is 1. The van der Waals surface area contributed by atoms with Crippen LogP contribution < -0.4 is 4.90 Å². The zero-order valence-corrected chi connectivity index (χ0v) is 20.0. The maximum absolute atomic E-state index is 13.3. The monoisotopic (exact) mass is 493 g/mol. The number of morpholine rings is 1. The van der Waals surface area contributed by atoms with E-state index in [0.717, 1.165) is 23.4 Å². The van der Waals surface area contributed by atoms with Gasteiger partial charge in [-0.25, -0.2) is 13.4 Å². The van der Waals surface area contributed by atoms with Crippen molar-refractivity contribution >= 4 is 54.0 Å². The van der Waals surface area contributed by atoms with Gasteiger partial charge in [-0.15, -0.1) is 0 Å². The molecule has 3 aromatic rings. The lowest BCUT2D eigenvalue weighted by molar-refractivity contribution is -0.118. The highest BCUT2D eigenvalue weighted by Gasteiger charge is 2.22. The molecule has 0 N–H and O–H groups in total. The van der Waals surface area contributed by atoms with Gasteiger partial charge in [0, 0.05) is 37.5 Å². The Morgan fingerprint density at radius 3 is 2.59 bits per heavy atom. The number of rotatable bonds is 7. The number of fused-ring (bicyclic) bond motifs is 1. The number of carbonyl (C=O) groups is 1. The fourth-order valence-corrected chi connectivity index (χ4v) is 5.40. The predicted octanol–water partition coefficient (Wildman–Crippen LogP) is 3.26. The number of benzene rings is 2. The number of carbonyl (C=O) groups excluding carboxylic acids is 1. The van der Waals surface area contributed by atoms with Crippen molar-refractivity contribution in [1.82, 2.24) is 9.88 Å². The largest absolute Gasteiger partial charge is 0.379 e. The molecule has 2 heterocycles. The van der Waals surface area contributed by atoms with Crippen LogP contribution in [0.4, 0.5) is 5.13 Å². The Balaban J connectivity index is 1.61. The number of hydrogen-bond acceptors (Lipinski definition) is 7. The Morgan fingerprint density at radius 1 is 1.19 bits per heavy atom. The Labute approximate surface area is 196 Å². The molecule has 7 nitrogen and oxygen atoms in total. The van der Waals surface area contributed by atoms with Gasteiger partial charge < -0.3 is 4.74 Å². The topological polar surface area (TPSA) is 79.8 Å². The minimum atomic E-state index is -3.32. The molecule has 10 heteroatoms. The SMILES string of the molecule is CS(=O)(=O)c1ccc2nc(N(CCN3CCOCC3)C(=O)Cc3ccc(Cl)cc3)sc2c1. The zero-order valence-electron chi connectivity index (χ0n) is 17.7. The lowest BCUT2D eigenvalue weighted by Gasteiger charge is -2.29. The molecule has 0 bridgehead atoms. The number of anilines is 1. The Hall–Kier alpha value is -2.04. The fraction of sp³-hybridized carbons (Fsp3) is 0.364. The van der Waals surface area contributed by atoms with E-state index in [1.54, 1.807) is 35.2 Å². The summed E-state index contributed by atoms with van der Waals surface area (Å²) in [4.78, 5) is 22.1. The van der Waals surface area contributed by atoms with E-state index in [2.05, 4.69) is 9.88 Å². The summed E-state index contributed by atoms with van der Waals surface area (Å²) in [5, 5.41) is 1.19. The Kier molecular flexibility index (Phi) is 7.11. The van der Waals surface area contributed by atoms with Crippen LogP contribution in [-0.4, -0.2) is 69.9 Å². The highest BCUT2D eigenvalue weighted by atomic mass is 35.5. The molecule has 2 aromatic carbocycles. The summed E-state index contributed by atoms with van der Waals surface area (Å²) in [5.74, 6) is -0.0667. The number of nitrogens with zero attached hydrogens (tertiary/aromatic N) is 3. The number of ether oxygens (including phenoxy) is 1. The van der Waals surface area contributed by atoms with Crippen LogP contribution in [-0.2, 0) is 25.8 Å². The second-order valence-electron chi connectivity index (χ2n) is 7.70. The molecule has 0 spiro atoms. The van der Waals surface area contributed by atoms with Gasteiger partial charge >= 0.3 is 0 Å². The molecule has 4 rings (SSSR count). The van der Waals surface area contributed by atoms with Crippen LogP contribution in [0.5, 0.6) is 0 Å². The molecule has 170 valence electrons. The van der Waals surface area contributed by atoms with Crippen molar-refractivity contribution in [2.75, 3.05) is 50.5 Å². The summed E-state index contributed by atoms with van der Waals surface area (Å²) < 4.78 is 30.0. The van der Waals surface area contributed by atoms with E-state index in [1.165, 1.54) is 17.6 Å². The normalized spacial score (nSPS) is 15.2. The van der Waals surface area contributed by atoms with Crippen molar-refractivity contribution < 1.29 is 17.9 Å². The van der Waals surface area contributed by atoms with Gasteiger partial charge in [0.05, 0.1) is 34.7 Å². The van der Waals surface area contributed by atoms with E-state index >= 15 is 0 Å². The van der Waals surface area contributed by atoms with Gasteiger partial charge in [-0.05, 0) is 35.9 Å². The third kappa shape index (κ3) is 5.65. The number of amides is 1. The third-order valence-corrected chi connectivity index (χ3v) is 7.72. The van der Waals surface area contributed by atoms with Crippen LogP contribution in [0.15, 0.2) is 47.4 Å². The smallest absolute Gasteiger partial charge is 0.233 e. The van der Waals surface area contributed by atoms with Crippen LogP contribution in [0.1, 0.15) is 5.56 Å². The average Bonchev–Trinajstić information content (AvgIpc) is 3.18. The van der Waals surface area contributed by atoms with Crippen molar-refractivity contribution in [2.24, 2.45) is 0 Å². The third-order valence-electron chi connectivity index (χ3n) is 5.32. The van der Waals surface area contributed by atoms with Gasteiger partial charge in [-0.3, -0.25) is 14.6 Å². The highest BCUT2D eigenvalue weighted by molar-refractivity contribution is 7.90. The lowest BCUT2D eigenvalue weighted by atomic mass is 10.1. The van der Waals surface area contributed by atoms with Gasteiger partial charge in [-0.1, -0.05) is 35.1 Å². The molecule has 1 aromatic heterocycles. The van der Waals surface area contributed by atoms with Crippen LogP contribution in [0.25, 0.3) is 10.2 Å². The van der Waals surface area contributed by atoms with Crippen LogP contribution >= 0.6 is 22.9 Å². The predicted molar refractivity (Wildman–Crippen MR) is 127 cm³/mol. The minimum absolute atomic E-state index is 0.0667. The first-order valence-corrected chi connectivity index (χ1v) is 13.3. The first kappa shape index (κ1) is 23.1. The molecule has 1 fully saturated rings. The zero-order chi connectivity index (χ0) is 22.7. The van der Waals surface area contributed by atoms with Gasteiger partial charge in [0.15, 0.2) is 15.0 Å². The molecular formula is C22H24ClN3O4S2. The van der Waals surface area contributed by atoms with Crippen molar-refractivity contribution in [2.45, 2.75) is 11.3 Å². The number of thiazole rings is 1. The highest BCUT2D eigenvalue weighted by Crippen LogP contribution is 2.31. The molecule has 0 saturated carbocycles. The van der Waals surface area contributed by atoms with Crippen molar-refractivity contribution in [3.8, 4) is 0 Å². The maximum Gasteiger partial charge on any atom is 0.233 e. The van der Waals surface area contributed by atoms with Gasteiger partial charge in [-0.2, -0.15) is 0 Å². The van der Waals surface area contributed by atoms with Crippen LogP contribution in [0, 0.1) is 0 Å². The van der Waals surface area contributed by atoms with Crippen molar-refractivity contribution in [1.29, 1.82) is 0 Å². The molecule has 0 aliphatic carbocycles. The standard InChI is InChI=1S/C22H24ClN3O4S2/c1-32(28,29)18-6-7-19-20(15-18)31-22(24-19)26(9-8-25-10-12-30-13-11-25)21(27)14-16-2-4-17(23)5-3-16/h2-7,15H,8-14H2,1H3. The quantitative estimate of drug-likeness (QED) is 0.502. The number of hydrogen-bond donors (Lipinski definition) is 0. The van der Waals surface area contributed by atoms with E-state index in [0.29, 0.717) is 42.0 Å². The Morgan fingerprint density at radius 2 is 1.91 bits per heavy atom. The first-order chi connectivity index (χ1) is 15.3. The minimum Gasteiger partial charge on any atom is -0.379 e. The van der Waals surface area contributed by atoms with Crippen LogP contribution in [0.3, 0.4) is 0 Å².